The molecule has 1 aliphatic carbocycles. The molecule has 0 aliphatic heterocycles. The Morgan fingerprint density at radius 3 is 2.22 bits per heavy atom. The molecular formula is C16H30NO+. The zero-order chi connectivity index (χ0) is 14.4. The van der Waals surface area contributed by atoms with Crippen molar-refractivity contribution in [3.05, 3.63) is 12.2 Å². The lowest BCUT2D eigenvalue weighted by molar-refractivity contribution is -0.552. The van der Waals surface area contributed by atoms with Gasteiger partial charge in [0, 0.05) is 14.0 Å². The van der Waals surface area contributed by atoms with Gasteiger partial charge in [0.15, 0.2) is 5.54 Å². The Balaban J connectivity index is 3.13. The van der Waals surface area contributed by atoms with Gasteiger partial charge >= 0.3 is 0 Å². The van der Waals surface area contributed by atoms with E-state index in [0.717, 1.165) is 13.0 Å². The van der Waals surface area contributed by atoms with Crippen LogP contribution in [0, 0.1) is 16.7 Å². The summed E-state index contributed by atoms with van der Waals surface area (Å²) in [5, 5.41) is 0. The zero-order valence-electron chi connectivity index (χ0n) is 13.3. The predicted octanol–water partition coefficient (Wildman–Crippen LogP) is 3.36. The molecular weight excluding hydrogens is 222 g/mol. The van der Waals surface area contributed by atoms with Crippen LogP contribution >= 0.6 is 0 Å². The minimum absolute atomic E-state index is 0.0481. The minimum atomic E-state index is 0.0481. The van der Waals surface area contributed by atoms with Crippen LogP contribution in [0.5, 0.6) is 0 Å². The van der Waals surface area contributed by atoms with Gasteiger partial charge in [-0.3, -0.25) is 0 Å². The van der Waals surface area contributed by atoms with Gasteiger partial charge in [-0.2, -0.15) is 0 Å². The summed E-state index contributed by atoms with van der Waals surface area (Å²) in [7, 11) is 3.83. The average molecular weight is 252 g/mol. The molecule has 18 heavy (non-hydrogen) atoms. The molecule has 1 aliphatic rings. The monoisotopic (exact) mass is 252 g/mol. The molecule has 0 aromatic heterocycles. The lowest BCUT2D eigenvalue weighted by Crippen LogP contribution is -2.31. The molecule has 0 aromatic rings. The van der Waals surface area contributed by atoms with E-state index < -0.39 is 0 Å². The lowest BCUT2D eigenvalue weighted by Gasteiger charge is -2.31. The van der Waals surface area contributed by atoms with Crippen LogP contribution in [0.15, 0.2) is 12.2 Å². The van der Waals surface area contributed by atoms with Crippen molar-refractivity contribution >= 4 is 6.72 Å². The third kappa shape index (κ3) is 1.77. The Morgan fingerprint density at radius 2 is 1.89 bits per heavy atom. The van der Waals surface area contributed by atoms with Crippen molar-refractivity contribution in [2.45, 2.75) is 46.6 Å². The Hall–Kier alpha value is -0.630. The maximum Gasteiger partial charge on any atom is 0.174 e. The summed E-state index contributed by atoms with van der Waals surface area (Å²) in [5.74, 6) is 0.468. The van der Waals surface area contributed by atoms with E-state index in [1.165, 1.54) is 5.57 Å². The van der Waals surface area contributed by atoms with Crippen LogP contribution in [0.3, 0.4) is 0 Å². The SMILES string of the molecule is C=C(C(C)(C)CC)C1(C)C(COC)C1(C)[N+](=C)C. The van der Waals surface area contributed by atoms with Crippen molar-refractivity contribution in [2.24, 2.45) is 16.7 Å². The van der Waals surface area contributed by atoms with Gasteiger partial charge in [-0.05, 0) is 18.8 Å². The highest BCUT2D eigenvalue weighted by Crippen LogP contribution is 2.69. The molecule has 0 heterocycles. The molecule has 0 bridgehead atoms. The molecule has 0 spiro atoms. The fraction of sp³-hybridized carbons (Fsp3) is 0.812. The predicted molar refractivity (Wildman–Crippen MR) is 78.4 cm³/mol. The second-order valence-corrected chi connectivity index (χ2v) is 6.77. The summed E-state index contributed by atoms with van der Waals surface area (Å²) < 4.78 is 7.50. The van der Waals surface area contributed by atoms with Crippen LogP contribution < -0.4 is 0 Å². The van der Waals surface area contributed by atoms with Crippen LogP contribution in [0.1, 0.15) is 41.0 Å². The summed E-state index contributed by atoms with van der Waals surface area (Å²) in [5.41, 5.74) is 1.62. The fourth-order valence-corrected chi connectivity index (χ4v) is 3.48. The van der Waals surface area contributed by atoms with Gasteiger partial charge in [0.1, 0.15) is 13.8 Å². The molecule has 1 rings (SSSR count). The molecule has 1 saturated carbocycles. The maximum absolute atomic E-state index is 5.41. The quantitative estimate of drug-likeness (QED) is 0.401. The first-order chi connectivity index (χ1) is 8.10. The van der Waals surface area contributed by atoms with Crippen molar-refractivity contribution in [1.29, 1.82) is 0 Å². The molecule has 0 amide bonds. The summed E-state index contributed by atoms with van der Waals surface area (Å²) in [6.07, 6.45) is 1.11. The third-order valence-electron chi connectivity index (χ3n) is 5.80. The summed E-state index contributed by atoms with van der Waals surface area (Å²) >= 11 is 0. The Bertz CT molecular complexity index is 371. The first-order valence-electron chi connectivity index (χ1n) is 6.83. The van der Waals surface area contributed by atoms with Gasteiger partial charge in [-0.15, -0.1) is 0 Å². The van der Waals surface area contributed by atoms with Gasteiger partial charge in [0.2, 0.25) is 0 Å². The van der Waals surface area contributed by atoms with Crippen LogP contribution in [-0.4, -0.2) is 37.6 Å². The molecule has 2 nitrogen and oxygen atoms in total. The summed E-state index contributed by atoms with van der Waals surface area (Å²) in [4.78, 5) is 0. The standard InChI is InChI=1S/C16H30NO/c1-10-14(3,4)12(2)15(5)13(11-18-9)16(15,6)17(7)8/h13H,2,7,10-11H2,1,3-6,8-9H3/q+1. The van der Waals surface area contributed by atoms with Crippen LogP contribution in [0.25, 0.3) is 0 Å². The number of nitrogens with zero attached hydrogens (tertiary/aromatic N) is 1. The molecule has 0 aromatic carbocycles. The molecule has 1 fully saturated rings. The van der Waals surface area contributed by atoms with Crippen LogP contribution in [0.2, 0.25) is 0 Å². The number of hydrogen-bond acceptors (Lipinski definition) is 1. The molecule has 0 radical (unpaired) electrons. The fourth-order valence-electron chi connectivity index (χ4n) is 3.48. The molecule has 104 valence electrons. The molecule has 2 heteroatoms. The topological polar surface area (TPSA) is 12.2 Å². The second kappa shape index (κ2) is 4.48. The van der Waals surface area contributed by atoms with Crippen LogP contribution in [-0.2, 0) is 4.74 Å². The Labute approximate surface area is 113 Å². The zero-order valence-corrected chi connectivity index (χ0v) is 13.3. The second-order valence-electron chi connectivity index (χ2n) is 6.77. The highest BCUT2D eigenvalue weighted by Gasteiger charge is 2.79. The molecule has 3 unspecified atom stereocenters. The van der Waals surface area contributed by atoms with E-state index in [0.29, 0.717) is 5.92 Å². The van der Waals surface area contributed by atoms with Gasteiger partial charge in [0.25, 0.3) is 0 Å². The average Bonchev–Trinajstić information content (AvgIpc) is 2.79. The molecule has 3 atom stereocenters. The van der Waals surface area contributed by atoms with E-state index in [9.17, 15) is 0 Å². The Kier molecular flexibility index (Phi) is 3.84. The van der Waals surface area contributed by atoms with E-state index >= 15 is 0 Å². The van der Waals surface area contributed by atoms with Crippen molar-refractivity contribution in [2.75, 3.05) is 20.8 Å². The molecule has 0 saturated heterocycles. The summed E-state index contributed by atoms with van der Waals surface area (Å²) in [6, 6.07) is 0. The lowest BCUT2D eigenvalue weighted by atomic mass is 9.73. The van der Waals surface area contributed by atoms with Crippen molar-refractivity contribution in [3.63, 3.8) is 0 Å². The highest BCUT2D eigenvalue weighted by atomic mass is 16.5. The van der Waals surface area contributed by atoms with E-state index in [1.54, 1.807) is 7.11 Å². The molecule has 0 N–H and O–H groups in total. The smallest absolute Gasteiger partial charge is 0.174 e. The highest BCUT2D eigenvalue weighted by molar-refractivity contribution is 5.38. The van der Waals surface area contributed by atoms with Gasteiger partial charge in [0.05, 0.1) is 17.9 Å². The first-order valence-corrected chi connectivity index (χ1v) is 6.83. The largest absolute Gasteiger partial charge is 0.384 e. The van der Waals surface area contributed by atoms with Gasteiger partial charge in [-0.1, -0.05) is 32.9 Å². The van der Waals surface area contributed by atoms with E-state index in [-0.39, 0.29) is 16.4 Å². The van der Waals surface area contributed by atoms with Crippen LogP contribution in [0.4, 0.5) is 0 Å². The third-order valence-corrected chi connectivity index (χ3v) is 5.80. The number of rotatable bonds is 6. The summed E-state index contributed by atoms with van der Waals surface area (Å²) in [6.45, 7) is 20.7. The Morgan fingerprint density at radius 1 is 1.39 bits per heavy atom. The van der Waals surface area contributed by atoms with Crippen molar-refractivity contribution in [3.8, 4) is 0 Å². The van der Waals surface area contributed by atoms with Gasteiger partial charge < -0.3 is 4.74 Å². The maximum atomic E-state index is 5.41. The van der Waals surface area contributed by atoms with Gasteiger partial charge in [-0.25, -0.2) is 4.58 Å². The van der Waals surface area contributed by atoms with E-state index in [2.05, 4.69) is 59.5 Å². The number of methoxy groups -OCH3 is 1. The van der Waals surface area contributed by atoms with E-state index in [4.69, 9.17) is 4.74 Å². The van der Waals surface area contributed by atoms with E-state index in [1.807, 2.05) is 0 Å². The number of hydrogen-bond donors (Lipinski definition) is 0. The van der Waals surface area contributed by atoms with Crippen molar-refractivity contribution in [1.82, 2.24) is 0 Å². The number of ether oxygens (including phenoxy) is 1. The minimum Gasteiger partial charge on any atom is -0.384 e. The van der Waals surface area contributed by atoms with Crippen molar-refractivity contribution < 1.29 is 9.31 Å². The first kappa shape index (κ1) is 15.4. The normalized spacial score (nSPS) is 35.4.